The topological polar surface area (TPSA) is 79.3 Å². The van der Waals surface area contributed by atoms with Crippen LogP contribution in [0.2, 0.25) is 0 Å². The van der Waals surface area contributed by atoms with Crippen molar-refractivity contribution in [3.05, 3.63) is 37.5 Å². The highest BCUT2D eigenvalue weighted by molar-refractivity contribution is 7.14. The number of carboxylic acid groups (broad SMARTS) is 1. The fourth-order valence-corrected chi connectivity index (χ4v) is 4.38. The van der Waals surface area contributed by atoms with E-state index in [1.807, 2.05) is 6.07 Å². The molecule has 1 amide bonds. The monoisotopic (exact) mass is 336 g/mol. The van der Waals surface area contributed by atoms with E-state index in [1.54, 1.807) is 11.3 Å². The molecule has 1 aliphatic carbocycles. The zero-order valence-corrected chi connectivity index (χ0v) is 13.7. The summed E-state index contributed by atoms with van der Waals surface area (Å²) in [6, 6.07) is 2.00. The molecule has 1 unspecified atom stereocenters. The van der Waals surface area contributed by atoms with Crippen LogP contribution in [-0.4, -0.2) is 22.0 Å². The minimum atomic E-state index is -1.05. The van der Waals surface area contributed by atoms with Gasteiger partial charge in [-0.05, 0) is 36.8 Å². The van der Waals surface area contributed by atoms with Gasteiger partial charge < -0.3 is 10.4 Å². The van der Waals surface area contributed by atoms with Crippen molar-refractivity contribution < 1.29 is 14.7 Å². The molecule has 116 valence electrons. The first kappa shape index (κ1) is 15.2. The number of aryl methyl sites for hydroxylation is 1. The predicted octanol–water partition coefficient (Wildman–Crippen LogP) is 2.96. The van der Waals surface area contributed by atoms with Crippen molar-refractivity contribution in [1.29, 1.82) is 0 Å². The molecule has 2 N–H and O–H groups in total. The molecule has 0 bridgehead atoms. The number of rotatable bonds is 4. The Kier molecular flexibility index (Phi) is 4.26. The number of hydrogen-bond donors (Lipinski definition) is 2. The number of thiophene rings is 1. The van der Waals surface area contributed by atoms with Crippen molar-refractivity contribution >= 4 is 34.6 Å². The molecule has 0 fully saturated rings. The number of hydrogen-bond acceptors (Lipinski definition) is 5. The molecule has 0 saturated heterocycles. The number of nitrogens with one attached hydrogen (secondary N) is 1. The van der Waals surface area contributed by atoms with Gasteiger partial charge in [0.05, 0.1) is 11.4 Å². The average Bonchev–Trinajstić information content (AvgIpc) is 3.10. The maximum absolute atomic E-state index is 12.2. The zero-order chi connectivity index (χ0) is 15.7. The van der Waals surface area contributed by atoms with Crippen LogP contribution >= 0.6 is 22.7 Å². The quantitative estimate of drug-likeness (QED) is 0.899. The van der Waals surface area contributed by atoms with Gasteiger partial charge in [-0.1, -0.05) is 6.92 Å². The smallest absolute Gasteiger partial charge is 0.355 e. The average molecular weight is 336 g/mol. The van der Waals surface area contributed by atoms with Crippen LogP contribution in [0.3, 0.4) is 0 Å². The number of amides is 1. The van der Waals surface area contributed by atoms with Crippen molar-refractivity contribution in [3.63, 3.8) is 0 Å². The molecule has 2 aromatic rings. The van der Waals surface area contributed by atoms with Gasteiger partial charge in [-0.15, -0.1) is 22.7 Å². The lowest BCUT2D eigenvalue weighted by atomic mass is 9.90. The van der Waals surface area contributed by atoms with Crippen LogP contribution in [0.4, 0.5) is 0 Å². The fraction of sp³-hybridized carbons (Fsp3) is 0.400. The summed E-state index contributed by atoms with van der Waals surface area (Å²) in [4.78, 5) is 29.0. The third-order valence-corrected chi connectivity index (χ3v) is 5.81. The number of thiazole rings is 1. The summed E-state index contributed by atoms with van der Waals surface area (Å²) in [7, 11) is 0. The number of aromatic carboxylic acids is 1. The molecule has 3 rings (SSSR count). The lowest BCUT2D eigenvalue weighted by molar-refractivity contribution is 0.0691. The first-order chi connectivity index (χ1) is 10.5. The lowest BCUT2D eigenvalue weighted by Crippen LogP contribution is -2.21. The largest absolute Gasteiger partial charge is 0.476 e. The summed E-state index contributed by atoms with van der Waals surface area (Å²) in [5, 5.41) is 13.7. The Balaban J connectivity index is 1.63. The zero-order valence-electron chi connectivity index (χ0n) is 12.1. The van der Waals surface area contributed by atoms with Crippen LogP contribution in [0, 0.1) is 5.92 Å². The second-order valence-electron chi connectivity index (χ2n) is 5.52. The van der Waals surface area contributed by atoms with E-state index in [0.717, 1.165) is 17.7 Å². The number of aromatic nitrogens is 1. The number of fused-ring (bicyclic) bond motifs is 1. The van der Waals surface area contributed by atoms with Gasteiger partial charge in [0, 0.05) is 10.3 Å². The Morgan fingerprint density at radius 2 is 2.32 bits per heavy atom. The van der Waals surface area contributed by atoms with Gasteiger partial charge in [0.1, 0.15) is 5.01 Å². The normalized spacial score (nSPS) is 17.0. The van der Waals surface area contributed by atoms with Gasteiger partial charge >= 0.3 is 5.97 Å². The molecular weight excluding hydrogens is 320 g/mol. The molecule has 2 heterocycles. The standard InChI is InChI=1S/C15H16N2O3S2/c1-8-2-3-11-9(4-8)5-12(22-11)14(18)16-6-13-17-10(7-21-13)15(19)20/h5,7-8H,2-4,6H2,1H3,(H,16,18)(H,19,20). The second-order valence-corrected chi connectivity index (χ2v) is 7.60. The van der Waals surface area contributed by atoms with Crippen LogP contribution in [0.25, 0.3) is 0 Å². The molecule has 0 saturated carbocycles. The third kappa shape index (κ3) is 3.20. The molecular formula is C15H16N2O3S2. The van der Waals surface area contributed by atoms with Crippen LogP contribution in [0.1, 0.15) is 49.0 Å². The van der Waals surface area contributed by atoms with E-state index in [4.69, 9.17) is 5.11 Å². The van der Waals surface area contributed by atoms with Gasteiger partial charge in [-0.3, -0.25) is 4.79 Å². The van der Waals surface area contributed by atoms with E-state index in [9.17, 15) is 9.59 Å². The van der Waals surface area contributed by atoms with Gasteiger partial charge in [-0.2, -0.15) is 0 Å². The number of nitrogens with zero attached hydrogens (tertiary/aromatic N) is 1. The van der Waals surface area contributed by atoms with Gasteiger partial charge in [0.2, 0.25) is 0 Å². The fourth-order valence-electron chi connectivity index (χ4n) is 2.55. The highest BCUT2D eigenvalue weighted by atomic mass is 32.1. The van der Waals surface area contributed by atoms with E-state index in [2.05, 4.69) is 17.2 Å². The van der Waals surface area contributed by atoms with E-state index < -0.39 is 5.97 Å². The molecule has 0 radical (unpaired) electrons. The predicted molar refractivity (Wildman–Crippen MR) is 85.8 cm³/mol. The summed E-state index contributed by atoms with van der Waals surface area (Å²) >= 11 is 2.81. The highest BCUT2D eigenvalue weighted by Crippen LogP contribution is 2.32. The van der Waals surface area contributed by atoms with Crippen molar-refractivity contribution in [1.82, 2.24) is 10.3 Å². The van der Waals surface area contributed by atoms with E-state index in [-0.39, 0.29) is 18.1 Å². The number of carboxylic acids is 1. The first-order valence-corrected chi connectivity index (χ1v) is 8.80. The van der Waals surface area contributed by atoms with E-state index >= 15 is 0 Å². The van der Waals surface area contributed by atoms with E-state index in [1.165, 1.54) is 33.6 Å². The molecule has 0 spiro atoms. The summed E-state index contributed by atoms with van der Waals surface area (Å²) in [5.74, 6) is -0.476. The highest BCUT2D eigenvalue weighted by Gasteiger charge is 2.20. The lowest BCUT2D eigenvalue weighted by Gasteiger charge is -2.16. The van der Waals surface area contributed by atoms with Gasteiger partial charge in [0.15, 0.2) is 5.69 Å². The van der Waals surface area contributed by atoms with E-state index in [0.29, 0.717) is 10.9 Å². The van der Waals surface area contributed by atoms with Gasteiger partial charge in [-0.25, -0.2) is 9.78 Å². The van der Waals surface area contributed by atoms with Gasteiger partial charge in [0.25, 0.3) is 5.91 Å². The Labute approximate surface area is 136 Å². The van der Waals surface area contributed by atoms with Crippen LogP contribution in [0.15, 0.2) is 11.4 Å². The number of carbonyl (C=O) groups is 2. The molecule has 22 heavy (non-hydrogen) atoms. The summed E-state index contributed by atoms with van der Waals surface area (Å²) in [6.07, 6.45) is 3.29. The molecule has 7 heteroatoms. The number of carbonyl (C=O) groups excluding carboxylic acids is 1. The second kappa shape index (κ2) is 6.18. The molecule has 1 atom stereocenters. The minimum Gasteiger partial charge on any atom is -0.476 e. The molecule has 0 aromatic carbocycles. The maximum Gasteiger partial charge on any atom is 0.355 e. The van der Waals surface area contributed by atoms with Crippen LogP contribution < -0.4 is 5.32 Å². The SMILES string of the molecule is CC1CCc2sc(C(=O)NCc3nc(C(=O)O)cs3)cc2C1. The summed E-state index contributed by atoms with van der Waals surface area (Å²) in [6.45, 7) is 2.50. The Bertz CT molecular complexity index is 720. The van der Waals surface area contributed by atoms with Crippen molar-refractivity contribution in [2.75, 3.05) is 0 Å². The Morgan fingerprint density at radius 1 is 1.50 bits per heavy atom. The maximum atomic E-state index is 12.2. The molecule has 2 aromatic heterocycles. The third-order valence-electron chi connectivity index (χ3n) is 3.72. The van der Waals surface area contributed by atoms with Crippen LogP contribution in [-0.2, 0) is 19.4 Å². The first-order valence-electron chi connectivity index (χ1n) is 7.10. The Hall–Kier alpha value is -1.73. The molecule has 0 aliphatic heterocycles. The molecule has 5 nitrogen and oxygen atoms in total. The van der Waals surface area contributed by atoms with Crippen LogP contribution in [0.5, 0.6) is 0 Å². The van der Waals surface area contributed by atoms with Crippen molar-refractivity contribution in [2.45, 2.75) is 32.7 Å². The Morgan fingerprint density at radius 3 is 3.05 bits per heavy atom. The van der Waals surface area contributed by atoms with Crippen molar-refractivity contribution in [3.8, 4) is 0 Å². The minimum absolute atomic E-state index is 0.0230. The van der Waals surface area contributed by atoms with Crippen molar-refractivity contribution in [2.24, 2.45) is 5.92 Å². The molecule has 1 aliphatic rings. The summed E-state index contributed by atoms with van der Waals surface area (Å²) in [5.41, 5.74) is 1.33. The summed E-state index contributed by atoms with van der Waals surface area (Å²) < 4.78 is 0.